The number of hydrogen-bond acceptors (Lipinski definition) is 1. The molecule has 1 fully saturated rings. The first-order valence-corrected chi connectivity index (χ1v) is 7.71. The van der Waals surface area contributed by atoms with E-state index in [2.05, 4.69) is 35.1 Å². The maximum atomic E-state index is 12.9. The van der Waals surface area contributed by atoms with Crippen molar-refractivity contribution in [2.24, 2.45) is 11.8 Å². The van der Waals surface area contributed by atoms with Crippen LogP contribution in [0.3, 0.4) is 0 Å². The molecular weight excluding hydrogens is 331 g/mol. The number of halogens is 4. The number of rotatable bonds is 2. The molecule has 1 aromatic rings. The van der Waals surface area contributed by atoms with Crippen LogP contribution in [0, 0.1) is 11.8 Å². The molecular formula is C15H19BrF3N. The second-order valence-electron chi connectivity index (χ2n) is 5.75. The summed E-state index contributed by atoms with van der Waals surface area (Å²) in [5.74, 6) is 0.966. The number of alkyl halides is 3. The highest BCUT2D eigenvalue weighted by Gasteiger charge is 2.34. The molecule has 0 aliphatic heterocycles. The summed E-state index contributed by atoms with van der Waals surface area (Å²) >= 11 is 2.97. The van der Waals surface area contributed by atoms with Gasteiger partial charge >= 0.3 is 6.18 Å². The zero-order valence-corrected chi connectivity index (χ0v) is 13.2. The lowest BCUT2D eigenvalue weighted by molar-refractivity contribution is -0.138. The van der Waals surface area contributed by atoms with Crippen molar-refractivity contribution in [1.82, 2.24) is 0 Å². The Hall–Kier alpha value is -0.710. The third-order valence-corrected chi connectivity index (χ3v) is 4.84. The van der Waals surface area contributed by atoms with Crippen LogP contribution in [0.1, 0.15) is 38.7 Å². The molecule has 1 aromatic carbocycles. The highest BCUT2D eigenvalue weighted by atomic mass is 79.9. The third-order valence-electron chi connectivity index (χ3n) is 4.15. The van der Waals surface area contributed by atoms with Crippen LogP contribution in [0.25, 0.3) is 0 Å². The van der Waals surface area contributed by atoms with Gasteiger partial charge in [0.15, 0.2) is 0 Å². The van der Waals surface area contributed by atoms with Crippen LogP contribution in [0.4, 0.5) is 18.9 Å². The van der Waals surface area contributed by atoms with Crippen molar-refractivity contribution in [2.75, 3.05) is 5.32 Å². The summed E-state index contributed by atoms with van der Waals surface area (Å²) in [5, 5.41) is 3.30. The fourth-order valence-electron chi connectivity index (χ4n) is 2.99. The lowest BCUT2D eigenvalue weighted by Crippen LogP contribution is -2.37. The van der Waals surface area contributed by atoms with E-state index in [9.17, 15) is 13.2 Å². The molecule has 2 rings (SSSR count). The van der Waals surface area contributed by atoms with Crippen molar-refractivity contribution < 1.29 is 13.2 Å². The van der Waals surface area contributed by atoms with Crippen molar-refractivity contribution in [1.29, 1.82) is 0 Å². The Morgan fingerprint density at radius 3 is 2.30 bits per heavy atom. The summed E-state index contributed by atoms with van der Waals surface area (Å²) in [5.41, 5.74) is -0.0789. The van der Waals surface area contributed by atoms with Gasteiger partial charge < -0.3 is 5.32 Å². The molecule has 1 nitrogen and oxygen atoms in total. The highest BCUT2D eigenvalue weighted by Crippen LogP contribution is 2.37. The summed E-state index contributed by atoms with van der Waals surface area (Å²) in [6.45, 7) is 4.33. The molecule has 0 saturated heterocycles. The van der Waals surface area contributed by atoms with Gasteiger partial charge in [-0.1, -0.05) is 36.2 Å². The third kappa shape index (κ3) is 3.48. The summed E-state index contributed by atoms with van der Waals surface area (Å²) in [6.07, 6.45) is -0.871. The molecule has 1 aliphatic carbocycles. The second-order valence-corrected chi connectivity index (χ2v) is 6.60. The van der Waals surface area contributed by atoms with Gasteiger partial charge in [-0.3, -0.25) is 0 Å². The van der Waals surface area contributed by atoms with E-state index in [1.54, 1.807) is 6.07 Å². The Balaban J connectivity index is 2.21. The van der Waals surface area contributed by atoms with Crippen molar-refractivity contribution >= 4 is 21.6 Å². The number of hydrogen-bond donors (Lipinski definition) is 1. The molecule has 112 valence electrons. The van der Waals surface area contributed by atoms with E-state index in [0.717, 1.165) is 12.8 Å². The van der Waals surface area contributed by atoms with Gasteiger partial charge in [-0.2, -0.15) is 13.2 Å². The molecule has 0 bridgehead atoms. The Morgan fingerprint density at radius 1 is 1.15 bits per heavy atom. The number of anilines is 1. The van der Waals surface area contributed by atoms with Crippen LogP contribution in [0.15, 0.2) is 22.7 Å². The summed E-state index contributed by atoms with van der Waals surface area (Å²) in [4.78, 5) is 0. The zero-order valence-electron chi connectivity index (χ0n) is 11.6. The largest absolute Gasteiger partial charge is 0.417 e. The smallest absolute Gasteiger partial charge is 0.382 e. The van der Waals surface area contributed by atoms with E-state index in [1.165, 1.54) is 18.6 Å². The summed E-state index contributed by atoms with van der Waals surface area (Å²) in [6, 6.07) is 4.60. The van der Waals surface area contributed by atoms with E-state index in [0.29, 0.717) is 17.5 Å². The van der Waals surface area contributed by atoms with Gasteiger partial charge in [0.05, 0.1) is 5.56 Å². The Labute approximate surface area is 126 Å². The predicted octanol–water partition coefficient (Wildman–Crippen LogP) is 5.70. The van der Waals surface area contributed by atoms with Crippen LogP contribution < -0.4 is 5.32 Å². The quantitative estimate of drug-likeness (QED) is 0.721. The topological polar surface area (TPSA) is 12.0 Å². The maximum Gasteiger partial charge on any atom is 0.417 e. The van der Waals surface area contributed by atoms with Crippen molar-refractivity contribution in [3.8, 4) is 0 Å². The fourth-order valence-corrected chi connectivity index (χ4v) is 3.46. The van der Waals surface area contributed by atoms with Gasteiger partial charge in [-0.15, -0.1) is 0 Å². The molecule has 0 aromatic heterocycles. The average Bonchev–Trinajstić information content (AvgIpc) is 2.34. The SMILES string of the molecule is CC1CCCC(C)C1Nc1ccc(Br)c(C(F)(F)F)c1. The number of benzene rings is 1. The lowest BCUT2D eigenvalue weighted by Gasteiger charge is -2.36. The second kappa shape index (κ2) is 5.96. The normalized spacial score (nSPS) is 27.4. The molecule has 2 unspecified atom stereocenters. The van der Waals surface area contributed by atoms with Gasteiger partial charge in [0.2, 0.25) is 0 Å². The van der Waals surface area contributed by atoms with E-state index < -0.39 is 11.7 Å². The van der Waals surface area contributed by atoms with Gasteiger partial charge in [0.1, 0.15) is 0 Å². The fraction of sp³-hybridized carbons (Fsp3) is 0.600. The van der Waals surface area contributed by atoms with Crippen LogP contribution in [-0.4, -0.2) is 6.04 Å². The van der Waals surface area contributed by atoms with Crippen LogP contribution in [0.5, 0.6) is 0 Å². The molecule has 0 radical (unpaired) electrons. The minimum absolute atomic E-state index is 0.0836. The Bertz CT molecular complexity index is 463. The number of nitrogens with one attached hydrogen (secondary N) is 1. The van der Waals surface area contributed by atoms with E-state index in [1.807, 2.05) is 0 Å². The molecule has 2 atom stereocenters. The first-order chi connectivity index (χ1) is 9.29. The molecule has 0 heterocycles. The van der Waals surface area contributed by atoms with Crippen molar-refractivity contribution in [3.63, 3.8) is 0 Å². The minimum Gasteiger partial charge on any atom is -0.382 e. The van der Waals surface area contributed by atoms with Crippen molar-refractivity contribution in [3.05, 3.63) is 28.2 Å². The van der Waals surface area contributed by atoms with Gasteiger partial charge in [-0.05, 0) is 42.9 Å². The minimum atomic E-state index is -4.33. The molecule has 1 saturated carbocycles. The highest BCUT2D eigenvalue weighted by molar-refractivity contribution is 9.10. The van der Waals surface area contributed by atoms with Crippen molar-refractivity contribution in [2.45, 2.75) is 45.3 Å². The van der Waals surface area contributed by atoms with Crippen LogP contribution in [0.2, 0.25) is 0 Å². The summed E-state index contributed by atoms with van der Waals surface area (Å²) in [7, 11) is 0. The van der Waals surface area contributed by atoms with E-state index in [-0.39, 0.29) is 10.5 Å². The standard InChI is InChI=1S/C15H19BrF3N/c1-9-4-3-5-10(2)14(9)20-11-6-7-13(16)12(8-11)15(17,18)19/h6-10,14,20H,3-5H2,1-2H3. The molecule has 0 spiro atoms. The van der Waals surface area contributed by atoms with Crippen LogP contribution in [-0.2, 0) is 6.18 Å². The van der Waals surface area contributed by atoms with E-state index >= 15 is 0 Å². The maximum absolute atomic E-state index is 12.9. The van der Waals surface area contributed by atoms with Gasteiger partial charge in [0, 0.05) is 16.2 Å². The predicted molar refractivity (Wildman–Crippen MR) is 78.7 cm³/mol. The average molecular weight is 350 g/mol. The molecule has 0 amide bonds. The zero-order chi connectivity index (χ0) is 14.9. The van der Waals surface area contributed by atoms with Gasteiger partial charge in [-0.25, -0.2) is 0 Å². The molecule has 1 aliphatic rings. The molecule has 5 heteroatoms. The first-order valence-electron chi connectivity index (χ1n) is 6.92. The Morgan fingerprint density at radius 2 is 1.75 bits per heavy atom. The van der Waals surface area contributed by atoms with Gasteiger partial charge in [0.25, 0.3) is 0 Å². The van der Waals surface area contributed by atoms with Crippen LogP contribution >= 0.6 is 15.9 Å². The first kappa shape index (κ1) is 15.7. The monoisotopic (exact) mass is 349 g/mol. The molecule has 1 N–H and O–H groups in total. The summed E-state index contributed by atoms with van der Waals surface area (Å²) < 4.78 is 38.8. The lowest BCUT2D eigenvalue weighted by atomic mass is 9.78. The molecule has 20 heavy (non-hydrogen) atoms. The Kier molecular flexibility index (Phi) is 4.67. The van der Waals surface area contributed by atoms with E-state index in [4.69, 9.17) is 0 Å².